The summed E-state index contributed by atoms with van der Waals surface area (Å²) in [4.78, 5) is 12.0. The molecule has 3 heteroatoms. The lowest BCUT2D eigenvalue weighted by molar-refractivity contribution is -0.125. The van der Waals surface area contributed by atoms with Gasteiger partial charge in [-0.25, -0.2) is 0 Å². The van der Waals surface area contributed by atoms with Gasteiger partial charge in [-0.05, 0) is 51.2 Å². The Kier molecular flexibility index (Phi) is 4.33. The van der Waals surface area contributed by atoms with Gasteiger partial charge in [-0.3, -0.25) is 4.79 Å². The van der Waals surface area contributed by atoms with Crippen LogP contribution in [0.4, 0.5) is 0 Å². The lowest BCUT2D eigenvalue weighted by Crippen LogP contribution is -2.29. The number of hydrogen-bond acceptors (Lipinski definition) is 1. The fourth-order valence-corrected chi connectivity index (χ4v) is 2.91. The molecule has 3 nitrogen and oxygen atoms in total. The van der Waals surface area contributed by atoms with Crippen molar-refractivity contribution in [3.05, 3.63) is 23.0 Å². The fraction of sp³-hybridized carbons (Fsp3) is 0.688. The van der Waals surface area contributed by atoms with E-state index in [0.717, 1.165) is 12.8 Å². The van der Waals surface area contributed by atoms with Crippen LogP contribution in [0.25, 0.3) is 0 Å². The second-order valence-electron chi connectivity index (χ2n) is 5.73. The highest BCUT2D eigenvalue weighted by atomic mass is 16.1. The van der Waals surface area contributed by atoms with Crippen LogP contribution in [0.5, 0.6) is 0 Å². The number of nitrogens with one attached hydrogen (secondary N) is 1. The van der Waals surface area contributed by atoms with Crippen LogP contribution in [0.3, 0.4) is 0 Å². The van der Waals surface area contributed by atoms with Crippen LogP contribution >= 0.6 is 0 Å². The van der Waals surface area contributed by atoms with E-state index in [0.29, 0.717) is 12.6 Å². The summed E-state index contributed by atoms with van der Waals surface area (Å²) in [6.07, 6.45) is 4.44. The van der Waals surface area contributed by atoms with E-state index in [1.54, 1.807) is 0 Å². The molecule has 1 amide bonds. The molecule has 19 heavy (non-hydrogen) atoms. The minimum Gasteiger partial charge on any atom is -0.352 e. The maximum atomic E-state index is 12.0. The van der Waals surface area contributed by atoms with Gasteiger partial charge in [0.15, 0.2) is 0 Å². The van der Waals surface area contributed by atoms with E-state index in [1.807, 2.05) is 0 Å². The van der Waals surface area contributed by atoms with Crippen molar-refractivity contribution < 1.29 is 4.79 Å². The Morgan fingerprint density at radius 3 is 2.53 bits per heavy atom. The summed E-state index contributed by atoms with van der Waals surface area (Å²) < 4.78 is 2.43. The maximum Gasteiger partial charge on any atom is 0.223 e. The summed E-state index contributed by atoms with van der Waals surface area (Å²) in [6.45, 7) is 9.16. The zero-order chi connectivity index (χ0) is 14.0. The Morgan fingerprint density at radius 1 is 1.37 bits per heavy atom. The van der Waals surface area contributed by atoms with E-state index in [9.17, 15) is 4.79 Å². The van der Waals surface area contributed by atoms with Crippen molar-refractivity contribution in [1.82, 2.24) is 9.88 Å². The van der Waals surface area contributed by atoms with E-state index in [1.165, 1.54) is 29.8 Å². The molecule has 0 radical (unpaired) electrons. The molecule has 1 aromatic rings. The first-order valence-corrected chi connectivity index (χ1v) is 7.53. The van der Waals surface area contributed by atoms with Crippen LogP contribution in [-0.4, -0.2) is 10.5 Å². The number of rotatable bonds is 6. The van der Waals surface area contributed by atoms with Gasteiger partial charge in [-0.1, -0.05) is 13.8 Å². The van der Waals surface area contributed by atoms with Gasteiger partial charge in [0.05, 0.1) is 0 Å². The molecule has 1 N–H and O–H groups in total. The lowest BCUT2D eigenvalue weighted by atomic mass is 10.0. The second-order valence-corrected chi connectivity index (χ2v) is 5.73. The first-order valence-electron chi connectivity index (χ1n) is 7.53. The van der Waals surface area contributed by atoms with Crippen LogP contribution in [0.15, 0.2) is 6.07 Å². The molecule has 2 rings (SSSR count). The number of carbonyl (C=O) groups is 1. The minimum atomic E-state index is 0.159. The van der Waals surface area contributed by atoms with Crippen molar-refractivity contribution in [1.29, 1.82) is 0 Å². The van der Waals surface area contributed by atoms with Crippen LogP contribution in [0, 0.1) is 19.8 Å². The van der Waals surface area contributed by atoms with Gasteiger partial charge >= 0.3 is 0 Å². The van der Waals surface area contributed by atoms with Crippen molar-refractivity contribution in [2.75, 3.05) is 0 Å². The van der Waals surface area contributed by atoms with Crippen molar-refractivity contribution in [3.63, 3.8) is 0 Å². The van der Waals surface area contributed by atoms with E-state index in [4.69, 9.17) is 0 Å². The summed E-state index contributed by atoms with van der Waals surface area (Å²) in [6, 6.07) is 2.93. The van der Waals surface area contributed by atoms with Crippen molar-refractivity contribution >= 4 is 5.91 Å². The zero-order valence-corrected chi connectivity index (χ0v) is 12.6. The molecule has 106 valence electrons. The summed E-state index contributed by atoms with van der Waals surface area (Å²) in [5.41, 5.74) is 3.92. The van der Waals surface area contributed by atoms with Crippen LogP contribution in [0.2, 0.25) is 0 Å². The van der Waals surface area contributed by atoms with Crippen LogP contribution in [-0.2, 0) is 11.3 Å². The first kappa shape index (κ1) is 14.2. The lowest BCUT2D eigenvalue weighted by Gasteiger charge is -2.13. The summed E-state index contributed by atoms with van der Waals surface area (Å²) >= 11 is 0. The molecule has 0 unspecified atom stereocenters. The van der Waals surface area contributed by atoms with Gasteiger partial charge in [0.2, 0.25) is 5.91 Å². The molecule has 1 aromatic heterocycles. The summed E-state index contributed by atoms with van der Waals surface area (Å²) in [5, 5.41) is 3.09. The quantitative estimate of drug-likeness (QED) is 0.836. The molecule has 0 aliphatic heterocycles. The highest BCUT2D eigenvalue weighted by Crippen LogP contribution is 2.38. The molecule has 0 bridgehead atoms. The number of nitrogens with zero attached hydrogens (tertiary/aromatic N) is 1. The molecule has 1 heterocycles. The summed E-state index contributed by atoms with van der Waals surface area (Å²) in [7, 11) is 0. The molecule has 0 aromatic carbocycles. The monoisotopic (exact) mass is 262 g/mol. The smallest absolute Gasteiger partial charge is 0.223 e. The second kappa shape index (κ2) is 5.81. The molecule has 1 aliphatic carbocycles. The third-order valence-electron chi connectivity index (χ3n) is 4.31. The third kappa shape index (κ3) is 3.02. The van der Waals surface area contributed by atoms with Gasteiger partial charge in [-0.2, -0.15) is 0 Å². The van der Waals surface area contributed by atoms with Gasteiger partial charge in [0.25, 0.3) is 0 Å². The Morgan fingerprint density at radius 2 is 2.00 bits per heavy atom. The highest BCUT2D eigenvalue weighted by Gasteiger charge is 2.27. The number of carbonyl (C=O) groups excluding carboxylic acids is 1. The largest absolute Gasteiger partial charge is 0.352 e. The first-order chi connectivity index (χ1) is 9.08. The Bertz CT molecular complexity index is 454. The number of amides is 1. The molecule has 0 saturated heterocycles. The topological polar surface area (TPSA) is 34.0 Å². The minimum absolute atomic E-state index is 0.159. The molecular weight excluding hydrogens is 236 g/mol. The summed E-state index contributed by atoms with van der Waals surface area (Å²) in [5.74, 6) is 0.355. The average molecular weight is 262 g/mol. The molecule has 0 spiro atoms. The van der Waals surface area contributed by atoms with Crippen LogP contribution < -0.4 is 5.32 Å². The number of aromatic nitrogens is 1. The van der Waals surface area contributed by atoms with Gasteiger partial charge in [0.1, 0.15) is 0 Å². The van der Waals surface area contributed by atoms with Gasteiger partial charge < -0.3 is 9.88 Å². The standard InChI is InChI=1S/C16H26N2O/c1-5-13(6-2)16(19)17-10-14-9-11(3)18(12(14)4)15-7-8-15/h9,13,15H,5-8,10H2,1-4H3,(H,17,19). The predicted molar refractivity (Wildman–Crippen MR) is 78.1 cm³/mol. The molecule has 1 aliphatic rings. The Hall–Kier alpha value is -1.25. The Balaban J connectivity index is 2.00. The molecule has 1 fully saturated rings. The van der Waals surface area contributed by atoms with E-state index < -0.39 is 0 Å². The van der Waals surface area contributed by atoms with Gasteiger partial charge in [0, 0.05) is 29.9 Å². The maximum absolute atomic E-state index is 12.0. The van der Waals surface area contributed by atoms with Crippen molar-refractivity contribution in [3.8, 4) is 0 Å². The predicted octanol–water partition coefficient (Wildman–Crippen LogP) is 3.49. The van der Waals surface area contributed by atoms with Crippen molar-refractivity contribution in [2.45, 2.75) is 66.0 Å². The van der Waals surface area contributed by atoms with Crippen LogP contribution in [0.1, 0.15) is 62.5 Å². The number of hydrogen-bond donors (Lipinski definition) is 1. The highest BCUT2D eigenvalue weighted by molar-refractivity contribution is 5.78. The van der Waals surface area contributed by atoms with Crippen molar-refractivity contribution in [2.24, 2.45) is 5.92 Å². The van der Waals surface area contributed by atoms with E-state index >= 15 is 0 Å². The SMILES string of the molecule is CCC(CC)C(=O)NCc1cc(C)n(C2CC2)c1C. The third-order valence-corrected chi connectivity index (χ3v) is 4.31. The van der Waals surface area contributed by atoms with Gasteiger partial charge in [-0.15, -0.1) is 0 Å². The normalized spacial score (nSPS) is 15.0. The number of aryl methyl sites for hydroxylation is 1. The molecule has 1 saturated carbocycles. The van der Waals surface area contributed by atoms with E-state index in [-0.39, 0.29) is 11.8 Å². The van der Waals surface area contributed by atoms with E-state index in [2.05, 4.69) is 43.6 Å². The zero-order valence-electron chi connectivity index (χ0n) is 12.6. The average Bonchev–Trinajstić information content (AvgIpc) is 3.16. The molecule has 0 atom stereocenters. The Labute approximate surface area is 116 Å². The fourth-order valence-electron chi connectivity index (χ4n) is 2.91. The molecular formula is C16H26N2O.